The average Bonchev–Trinajstić information content (AvgIpc) is 2.76. The van der Waals surface area contributed by atoms with Crippen molar-refractivity contribution in [3.8, 4) is 5.69 Å². The molecule has 0 unspecified atom stereocenters. The van der Waals surface area contributed by atoms with Crippen LogP contribution in [-0.4, -0.2) is 44.5 Å². The number of halogens is 1. The lowest BCUT2D eigenvalue weighted by Gasteiger charge is -2.44. The molecule has 1 aliphatic rings. The first-order valence-corrected chi connectivity index (χ1v) is 8.23. The zero-order chi connectivity index (χ0) is 17.5. The van der Waals surface area contributed by atoms with Gasteiger partial charge in [0, 0.05) is 35.8 Å². The van der Waals surface area contributed by atoms with Gasteiger partial charge in [-0.1, -0.05) is 17.7 Å². The lowest BCUT2D eigenvalue weighted by Crippen LogP contribution is -2.58. The van der Waals surface area contributed by atoms with Crippen molar-refractivity contribution in [2.75, 3.05) is 18.4 Å². The molecular weight excluding hydrogens is 328 g/mol. The number of nitrogens with one attached hydrogen (secondary N) is 1. The minimum Gasteiger partial charge on any atom is -0.390 e. The van der Waals surface area contributed by atoms with Crippen molar-refractivity contribution in [3.63, 3.8) is 0 Å². The highest BCUT2D eigenvalue weighted by Gasteiger charge is 2.39. The van der Waals surface area contributed by atoms with Gasteiger partial charge in [-0.05, 0) is 39.0 Å². The molecule has 1 aliphatic heterocycles. The predicted molar refractivity (Wildman–Crippen MR) is 93.7 cm³/mol. The minimum atomic E-state index is -0.762. The van der Waals surface area contributed by atoms with Crippen molar-refractivity contribution < 1.29 is 9.90 Å². The van der Waals surface area contributed by atoms with Crippen molar-refractivity contribution in [3.05, 3.63) is 41.0 Å². The number of aliphatic hydroxyl groups is 1. The number of hydrogen-bond donors (Lipinski definition) is 2. The molecule has 2 heterocycles. The Balaban J connectivity index is 1.67. The first-order chi connectivity index (χ1) is 11.2. The van der Waals surface area contributed by atoms with Gasteiger partial charge in [-0.3, -0.25) is 5.32 Å². The number of benzene rings is 1. The summed E-state index contributed by atoms with van der Waals surface area (Å²) in [6.45, 7) is 6.54. The number of nitrogens with zero attached hydrogens (tertiary/aromatic N) is 3. The third kappa shape index (κ3) is 3.39. The van der Waals surface area contributed by atoms with Crippen LogP contribution in [0.25, 0.3) is 5.69 Å². The number of aryl methyl sites for hydroxylation is 1. The predicted octanol–water partition coefficient (Wildman–Crippen LogP) is 3.07. The summed E-state index contributed by atoms with van der Waals surface area (Å²) in [6, 6.07) is 8.98. The van der Waals surface area contributed by atoms with Gasteiger partial charge in [0.2, 0.25) is 0 Å². The Hall–Kier alpha value is -2.05. The van der Waals surface area contributed by atoms with Gasteiger partial charge in [-0.2, -0.15) is 0 Å². The van der Waals surface area contributed by atoms with Gasteiger partial charge >= 0.3 is 6.03 Å². The number of rotatable bonds is 3. The lowest BCUT2D eigenvalue weighted by atomic mass is 9.85. The number of carbonyl (C=O) groups is 1. The van der Waals surface area contributed by atoms with E-state index in [0.29, 0.717) is 23.9 Å². The molecule has 1 fully saturated rings. The molecule has 6 nitrogen and oxygen atoms in total. The van der Waals surface area contributed by atoms with Crippen LogP contribution in [-0.2, 0) is 0 Å². The van der Waals surface area contributed by atoms with Gasteiger partial charge in [0.25, 0.3) is 0 Å². The third-order valence-corrected chi connectivity index (χ3v) is 4.58. The summed E-state index contributed by atoms with van der Waals surface area (Å²) < 4.78 is 1.73. The smallest absolute Gasteiger partial charge is 0.323 e. The topological polar surface area (TPSA) is 70.4 Å². The molecule has 2 amide bonds. The first kappa shape index (κ1) is 16.8. The van der Waals surface area contributed by atoms with E-state index in [1.165, 1.54) is 0 Å². The Labute approximate surface area is 146 Å². The van der Waals surface area contributed by atoms with Crippen LogP contribution in [0.3, 0.4) is 0 Å². The number of likely N-dealkylation sites (tertiary alicyclic amines) is 1. The Morgan fingerprint density at radius 2 is 2.08 bits per heavy atom. The SMILES string of the molecule is Cc1cc(NC(=O)N2CC(C(C)(C)O)C2)nn1-c1cccc(Cl)c1. The van der Waals surface area contributed by atoms with Crippen LogP contribution in [0, 0.1) is 12.8 Å². The van der Waals surface area contributed by atoms with E-state index in [4.69, 9.17) is 11.6 Å². The first-order valence-electron chi connectivity index (χ1n) is 7.85. The van der Waals surface area contributed by atoms with Gasteiger partial charge in [0.05, 0.1) is 11.3 Å². The summed E-state index contributed by atoms with van der Waals surface area (Å²) in [4.78, 5) is 13.9. The fourth-order valence-electron chi connectivity index (χ4n) is 2.68. The summed E-state index contributed by atoms with van der Waals surface area (Å²) in [5.74, 6) is 0.596. The van der Waals surface area contributed by atoms with Crippen LogP contribution in [0.2, 0.25) is 5.02 Å². The molecule has 1 aromatic heterocycles. The molecule has 3 rings (SSSR count). The maximum atomic E-state index is 12.2. The number of aromatic nitrogens is 2. The fourth-order valence-corrected chi connectivity index (χ4v) is 2.87. The van der Waals surface area contributed by atoms with Gasteiger partial charge < -0.3 is 10.0 Å². The molecule has 1 aromatic carbocycles. The maximum absolute atomic E-state index is 12.2. The molecule has 2 aromatic rings. The second-order valence-electron chi connectivity index (χ2n) is 6.75. The summed E-state index contributed by atoms with van der Waals surface area (Å²) in [6.07, 6.45) is 0. The highest BCUT2D eigenvalue weighted by Crippen LogP contribution is 2.27. The van der Waals surface area contributed by atoms with Gasteiger partial charge in [0.1, 0.15) is 0 Å². The lowest BCUT2D eigenvalue weighted by molar-refractivity contribution is -0.0440. The zero-order valence-corrected chi connectivity index (χ0v) is 14.7. The molecule has 1 saturated heterocycles. The van der Waals surface area contributed by atoms with Crippen molar-refractivity contribution in [2.24, 2.45) is 5.92 Å². The molecule has 2 N–H and O–H groups in total. The molecule has 24 heavy (non-hydrogen) atoms. The summed E-state index contributed by atoms with van der Waals surface area (Å²) in [7, 11) is 0. The second kappa shape index (κ2) is 6.11. The summed E-state index contributed by atoms with van der Waals surface area (Å²) >= 11 is 6.02. The van der Waals surface area contributed by atoms with E-state index in [-0.39, 0.29) is 11.9 Å². The van der Waals surface area contributed by atoms with Crippen molar-refractivity contribution in [1.82, 2.24) is 14.7 Å². The van der Waals surface area contributed by atoms with Gasteiger partial charge in [0.15, 0.2) is 5.82 Å². The van der Waals surface area contributed by atoms with Crippen molar-refractivity contribution in [1.29, 1.82) is 0 Å². The monoisotopic (exact) mass is 348 g/mol. The number of hydrogen-bond acceptors (Lipinski definition) is 3. The molecule has 0 spiro atoms. The van der Waals surface area contributed by atoms with E-state index in [0.717, 1.165) is 11.4 Å². The average molecular weight is 349 g/mol. The van der Waals surface area contributed by atoms with E-state index >= 15 is 0 Å². The summed E-state index contributed by atoms with van der Waals surface area (Å²) in [5, 5.41) is 17.8. The molecule has 0 bridgehead atoms. The van der Waals surface area contributed by atoms with Gasteiger partial charge in [-0.25, -0.2) is 9.48 Å². The quantitative estimate of drug-likeness (QED) is 0.895. The molecule has 0 radical (unpaired) electrons. The highest BCUT2D eigenvalue weighted by atomic mass is 35.5. The largest absolute Gasteiger partial charge is 0.390 e. The molecule has 7 heteroatoms. The number of urea groups is 1. The zero-order valence-electron chi connectivity index (χ0n) is 14.0. The van der Waals surface area contributed by atoms with E-state index in [9.17, 15) is 9.90 Å². The van der Waals surface area contributed by atoms with Crippen LogP contribution in [0.15, 0.2) is 30.3 Å². The third-order valence-electron chi connectivity index (χ3n) is 4.34. The Kier molecular flexibility index (Phi) is 4.27. The van der Waals surface area contributed by atoms with Crippen molar-refractivity contribution >= 4 is 23.4 Å². The van der Waals surface area contributed by atoms with Crippen LogP contribution in [0.5, 0.6) is 0 Å². The van der Waals surface area contributed by atoms with E-state index in [2.05, 4.69) is 10.4 Å². The second-order valence-corrected chi connectivity index (χ2v) is 7.18. The van der Waals surface area contributed by atoms with Crippen LogP contribution >= 0.6 is 11.6 Å². The van der Waals surface area contributed by atoms with Gasteiger partial charge in [-0.15, -0.1) is 5.10 Å². The number of carbonyl (C=O) groups excluding carboxylic acids is 1. The normalized spacial score (nSPS) is 15.3. The minimum absolute atomic E-state index is 0.106. The Bertz CT molecular complexity index is 760. The standard InChI is InChI=1S/C17H21ClN4O2/c1-11-7-15(20-22(11)14-6-4-5-13(18)8-14)19-16(23)21-9-12(10-21)17(2,3)24/h4-8,12,24H,9-10H2,1-3H3,(H,19,20,23). The molecule has 128 valence electrons. The van der Waals surface area contributed by atoms with E-state index in [1.807, 2.05) is 31.2 Å². The molecule has 0 saturated carbocycles. The number of anilines is 1. The Morgan fingerprint density at radius 3 is 2.71 bits per heavy atom. The number of amides is 2. The van der Waals surface area contributed by atoms with Crippen molar-refractivity contribution in [2.45, 2.75) is 26.4 Å². The van der Waals surface area contributed by atoms with E-state index < -0.39 is 5.60 Å². The Morgan fingerprint density at radius 1 is 1.38 bits per heavy atom. The summed E-state index contributed by atoms with van der Waals surface area (Å²) in [5.41, 5.74) is 0.971. The molecule has 0 atom stereocenters. The highest BCUT2D eigenvalue weighted by molar-refractivity contribution is 6.30. The molecule has 0 aliphatic carbocycles. The van der Waals surface area contributed by atoms with Crippen LogP contribution in [0.1, 0.15) is 19.5 Å². The molecular formula is C17H21ClN4O2. The maximum Gasteiger partial charge on any atom is 0.323 e. The van der Waals surface area contributed by atoms with E-state index in [1.54, 1.807) is 29.5 Å². The van der Waals surface area contributed by atoms with Crippen LogP contribution in [0.4, 0.5) is 10.6 Å². The fraction of sp³-hybridized carbons (Fsp3) is 0.412. The van der Waals surface area contributed by atoms with Crippen LogP contribution < -0.4 is 5.32 Å².